The van der Waals surface area contributed by atoms with Gasteiger partial charge in [0, 0.05) is 43.9 Å². The van der Waals surface area contributed by atoms with E-state index in [0.717, 1.165) is 70.1 Å². The number of morpholine rings is 1. The van der Waals surface area contributed by atoms with Gasteiger partial charge in [-0.15, -0.1) is 0 Å². The summed E-state index contributed by atoms with van der Waals surface area (Å²) < 4.78 is 11.2. The molecule has 180 valence electrons. The molecule has 5 rings (SSSR count). The van der Waals surface area contributed by atoms with Gasteiger partial charge in [0.2, 0.25) is 0 Å². The summed E-state index contributed by atoms with van der Waals surface area (Å²) in [4.78, 5) is 30.3. The molecule has 0 radical (unpaired) electrons. The number of fused-ring (bicyclic) bond motifs is 1. The molecule has 7 heteroatoms. The third-order valence-electron chi connectivity index (χ3n) is 7.18. The Hall–Kier alpha value is -2.90. The number of hydrogen-bond donors (Lipinski definition) is 1. The van der Waals surface area contributed by atoms with Crippen LogP contribution in [0.4, 0.5) is 5.69 Å². The summed E-state index contributed by atoms with van der Waals surface area (Å²) in [5.74, 6) is 1.28. The maximum atomic E-state index is 13.1. The molecule has 34 heavy (non-hydrogen) atoms. The molecule has 0 bridgehead atoms. The van der Waals surface area contributed by atoms with E-state index in [0.29, 0.717) is 23.6 Å². The third kappa shape index (κ3) is 5.42. The van der Waals surface area contributed by atoms with Crippen LogP contribution >= 0.6 is 0 Å². The van der Waals surface area contributed by atoms with Crippen molar-refractivity contribution in [2.45, 2.75) is 31.8 Å². The first-order valence-corrected chi connectivity index (χ1v) is 12.4. The predicted octanol–water partition coefficient (Wildman–Crippen LogP) is 3.20. The van der Waals surface area contributed by atoms with Gasteiger partial charge in [0.15, 0.2) is 6.10 Å². The molecule has 1 N–H and O–H groups in total. The number of ether oxygens (including phenoxy) is 2. The fourth-order valence-corrected chi connectivity index (χ4v) is 5.08. The summed E-state index contributed by atoms with van der Waals surface area (Å²) in [7, 11) is 0. The Kier molecular flexibility index (Phi) is 7.11. The fourth-order valence-electron chi connectivity index (χ4n) is 5.08. The van der Waals surface area contributed by atoms with Crippen molar-refractivity contribution < 1.29 is 19.1 Å². The summed E-state index contributed by atoms with van der Waals surface area (Å²) in [6.45, 7) is 6.45. The van der Waals surface area contributed by atoms with E-state index in [9.17, 15) is 9.59 Å². The van der Waals surface area contributed by atoms with Crippen molar-refractivity contribution in [2.24, 2.45) is 5.92 Å². The number of para-hydroxylation sites is 1. The second-order valence-corrected chi connectivity index (χ2v) is 9.47. The zero-order chi connectivity index (χ0) is 23.3. The van der Waals surface area contributed by atoms with Gasteiger partial charge < -0.3 is 19.7 Å². The Labute approximate surface area is 201 Å². The Balaban J connectivity index is 1.11. The van der Waals surface area contributed by atoms with Gasteiger partial charge >= 0.3 is 0 Å². The lowest BCUT2D eigenvalue weighted by Gasteiger charge is -2.34. The van der Waals surface area contributed by atoms with Crippen LogP contribution in [0.3, 0.4) is 0 Å². The average molecular weight is 464 g/mol. The van der Waals surface area contributed by atoms with Crippen LogP contribution in [0.2, 0.25) is 0 Å². The highest BCUT2D eigenvalue weighted by atomic mass is 16.5. The minimum absolute atomic E-state index is 0.0345. The van der Waals surface area contributed by atoms with E-state index in [1.807, 2.05) is 47.4 Å². The van der Waals surface area contributed by atoms with E-state index in [-0.39, 0.29) is 11.8 Å². The summed E-state index contributed by atoms with van der Waals surface area (Å²) >= 11 is 0. The average Bonchev–Trinajstić information content (AvgIpc) is 3.33. The zero-order valence-corrected chi connectivity index (χ0v) is 19.6. The Morgan fingerprint density at radius 1 is 0.971 bits per heavy atom. The van der Waals surface area contributed by atoms with Crippen molar-refractivity contribution in [1.29, 1.82) is 0 Å². The molecule has 7 nitrogen and oxygen atoms in total. The molecular formula is C27H33N3O4. The number of amides is 2. The number of likely N-dealkylation sites (tertiary alicyclic amines) is 1. The predicted molar refractivity (Wildman–Crippen MR) is 130 cm³/mol. The highest BCUT2D eigenvalue weighted by molar-refractivity contribution is 5.98. The minimum Gasteiger partial charge on any atom is -0.480 e. The minimum atomic E-state index is -0.548. The lowest BCUT2D eigenvalue weighted by molar-refractivity contribution is -0.122. The zero-order valence-electron chi connectivity index (χ0n) is 19.6. The molecule has 3 aliphatic heterocycles. The van der Waals surface area contributed by atoms with Crippen LogP contribution in [0.1, 0.15) is 35.2 Å². The van der Waals surface area contributed by atoms with E-state index >= 15 is 0 Å². The van der Waals surface area contributed by atoms with Crippen LogP contribution in [-0.2, 0) is 16.0 Å². The van der Waals surface area contributed by atoms with Gasteiger partial charge in [-0.2, -0.15) is 0 Å². The van der Waals surface area contributed by atoms with Crippen LogP contribution in [-0.4, -0.2) is 73.7 Å². The topological polar surface area (TPSA) is 71.1 Å². The van der Waals surface area contributed by atoms with Gasteiger partial charge in [-0.1, -0.05) is 24.3 Å². The van der Waals surface area contributed by atoms with Gasteiger partial charge in [0.1, 0.15) is 5.75 Å². The number of hydrogen-bond acceptors (Lipinski definition) is 5. The SMILES string of the molecule is O=C(Nc1cccc(C(=O)N2CCC(CCN3CCOCC3)CC2)c1)C1Cc2ccccc2O1. The number of carbonyl (C=O) groups is 2. The summed E-state index contributed by atoms with van der Waals surface area (Å²) in [6.07, 6.45) is 3.30. The van der Waals surface area contributed by atoms with Gasteiger partial charge in [-0.05, 0) is 61.6 Å². The summed E-state index contributed by atoms with van der Waals surface area (Å²) in [5.41, 5.74) is 2.27. The van der Waals surface area contributed by atoms with Crippen LogP contribution in [0, 0.1) is 5.92 Å². The number of rotatable bonds is 6. The second-order valence-electron chi connectivity index (χ2n) is 9.47. The van der Waals surface area contributed by atoms with Crippen LogP contribution < -0.4 is 10.1 Å². The number of piperidine rings is 1. The van der Waals surface area contributed by atoms with Crippen LogP contribution in [0.25, 0.3) is 0 Å². The summed E-state index contributed by atoms with van der Waals surface area (Å²) in [5, 5.41) is 2.92. The van der Waals surface area contributed by atoms with Crippen molar-refractivity contribution in [3.63, 3.8) is 0 Å². The first-order valence-electron chi connectivity index (χ1n) is 12.4. The number of nitrogens with zero attached hydrogens (tertiary/aromatic N) is 2. The molecule has 2 aromatic rings. The third-order valence-corrected chi connectivity index (χ3v) is 7.18. The second kappa shape index (κ2) is 10.6. The van der Waals surface area contributed by atoms with Crippen LogP contribution in [0.15, 0.2) is 48.5 Å². The quantitative estimate of drug-likeness (QED) is 0.713. The first kappa shape index (κ1) is 22.9. The Bertz CT molecular complexity index is 987. The van der Waals surface area contributed by atoms with Gasteiger partial charge in [0.05, 0.1) is 13.2 Å². The van der Waals surface area contributed by atoms with Crippen LogP contribution in [0.5, 0.6) is 5.75 Å². The van der Waals surface area contributed by atoms with Crippen molar-refractivity contribution in [1.82, 2.24) is 9.80 Å². The molecule has 1 unspecified atom stereocenters. The largest absolute Gasteiger partial charge is 0.480 e. The molecule has 2 aromatic carbocycles. The maximum Gasteiger partial charge on any atom is 0.265 e. The molecule has 1 atom stereocenters. The molecule has 0 aromatic heterocycles. The molecule has 3 heterocycles. The molecule has 3 aliphatic rings. The molecule has 0 saturated carbocycles. The van der Waals surface area contributed by atoms with E-state index in [1.54, 1.807) is 6.07 Å². The van der Waals surface area contributed by atoms with Gasteiger partial charge in [0.25, 0.3) is 11.8 Å². The normalized spacial score (nSPS) is 21.1. The molecule has 0 aliphatic carbocycles. The highest BCUT2D eigenvalue weighted by Gasteiger charge is 2.29. The Morgan fingerprint density at radius 3 is 2.56 bits per heavy atom. The smallest absolute Gasteiger partial charge is 0.265 e. The molecule has 0 spiro atoms. The monoisotopic (exact) mass is 463 g/mol. The van der Waals surface area contributed by atoms with Gasteiger partial charge in [-0.25, -0.2) is 0 Å². The number of benzene rings is 2. The number of anilines is 1. The van der Waals surface area contributed by atoms with E-state index in [4.69, 9.17) is 9.47 Å². The molecule has 2 amide bonds. The van der Waals surface area contributed by atoms with Crippen molar-refractivity contribution in [3.05, 3.63) is 59.7 Å². The maximum absolute atomic E-state index is 13.1. The van der Waals surface area contributed by atoms with E-state index in [1.165, 1.54) is 6.42 Å². The summed E-state index contributed by atoms with van der Waals surface area (Å²) in [6, 6.07) is 14.9. The van der Waals surface area contributed by atoms with Crippen molar-refractivity contribution in [3.8, 4) is 5.75 Å². The van der Waals surface area contributed by atoms with E-state index in [2.05, 4.69) is 10.2 Å². The number of nitrogens with one attached hydrogen (secondary N) is 1. The molecular weight excluding hydrogens is 430 g/mol. The van der Waals surface area contributed by atoms with Crippen molar-refractivity contribution in [2.75, 3.05) is 51.3 Å². The van der Waals surface area contributed by atoms with E-state index < -0.39 is 6.10 Å². The fraction of sp³-hybridized carbons (Fsp3) is 0.481. The highest BCUT2D eigenvalue weighted by Crippen LogP contribution is 2.29. The standard InChI is InChI=1S/C27H33N3O4/c31-26(25-19-21-4-1-2-7-24(21)34-25)28-23-6-3-5-22(18-23)27(32)30-12-9-20(10-13-30)8-11-29-14-16-33-17-15-29/h1-7,18,20,25H,8-17,19H2,(H,28,31). The Morgan fingerprint density at radius 2 is 1.76 bits per heavy atom. The molecule has 2 saturated heterocycles. The van der Waals surface area contributed by atoms with Crippen molar-refractivity contribution >= 4 is 17.5 Å². The lowest BCUT2D eigenvalue weighted by Crippen LogP contribution is -2.40. The first-order chi connectivity index (χ1) is 16.7. The molecule has 2 fully saturated rings. The lowest BCUT2D eigenvalue weighted by atomic mass is 9.93. The van der Waals surface area contributed by atoms with Gasteiger partial charge in [-0.3, -0.25) is 14.5 Å². The number of carbonyl (C=O) groups excluding carboxylic acids is 2.